The van der Waals surface area contributed by atoms with Gasteiger partial charge >= 0.3 is 12.0 Å². The summed E-state index contributed by atoms with van der Waals surface area (Å²) in [5, 5.41) is 14.1. The van der Waals surface area contributed by atoms with Gasteiger partial charge in [-0.2, -0.15) is 0 Å². The fourth-order valence-corrected chi connectivity index (χ4v) is 2.04. The van der Waals surface area contributed by atoms with Gasteiger partial charge in [-0.1, -0.05) is 6.92 Å². The molecule has 0 spiro atoms. The molecular formula is C13H24N4O4. The summed E-state index contributed by atoms with van der Waals surface area (Å²) in [6.07, 6.45) is 0.845. The molecule has 8 nitrogen and oxygen atoms in total. The first-order valence-corrected chi connectivity index (χ1v) is 7.21. The zero-order valence-corrected chi connectivity index (χ0v) is 12.6. The van der Waals surface area contributed by atoms with E-state index in [9.17, 15) is 14.4 Å². The Balaban J connectivity index is 2.33. The average Bonchev–Trinajstić information content (AvgIpc) is 2.44. The summed E-state index contributed by atoms with van der Waals surface area (Å²) in [5.41, 5.74) is 0. The lowest BCUT2D eigenvalue weighted by Gasteiger charge is -2.34. The van der Waals surface area contributed by atoms with Crippen molar-refractivity contribution in [2.75, 3.05) is 39.3 Å². The van der Waals surface area contributed by atoms with Crippen LogP contribution in [0.1, 0.15) is 20.3 Å². The second-order valence-corrected chi connectivity index (χ2v) is 5.12. The van der Waals surface area contributed by atoms with Crippen molar-refractivity contribution >= 4 is 17.9 Å². The van der Waals surface area contributed by atoms with Crippen molar-refractivity contribution in [2.24, 2.45) is 0 Å². The molecule has 3 N–H and O–H groups in total. The van der Waals surface area contributed by atoms with Crippen LogP contribution in [0.15, 0.2) is 0 Å². The van der Waals surface area contributed by atoms with Gasteiger partial charge in [0.25, 0.3) is 0 Å². The Hall–Kier alpha value is -1.83. The van der Waals surface area contributed by atoms with Crippen molar-refractivity contribution in [2.45, 2.75) is 26.3 Å². The number of nitrogens with one attached hydrogen (secondary N) is 2. The van der Waals surface area contributed by atoms with E-state index in [0.717, 1.165) is 6.42 Å². The van der Waals surface area contributed by atoms with Crippen molar-refractivity contribution < 1.29 is 19.5 Å². The summed E-state index contributed by atoms with van der Waals surface area (Å²) in [7, 11) is 0. The first-order chi connectivity index (χ1) is 9.93. The number of rotatable bonds is 6. The molecule has 0 bridgehead atoms. The van der Waals surface area contributed by atoms with Crippen LogP contribution in [-0.2, 0) is 9.59 Å². The summed E-state index contributed by atoms with van der Waals surface area (Å²) in [4.78, 5) is 37.7. The first-order valence-electron chi connectivity index (χ1n) is 7.21. The molecule has 21 heavy (non-hydrogen) atoms. The second-order valence-electron chi connectivity index (χ2n) is 5.12. The van der Waals surface area contributed by atoms with E-state index in [0.29, 0.717) is 32.7 Å². The van der Waals surface area contributed by atoms with Crippen LogP contribution in [0.5, 0.6) is 0 Å². The van der Waals surface area contributed by atoms with Crippen LogP contribution < -0.4 is 10.6 Å². The Bertz CT molecular complexity index is 380. The molecule has 0 aromatic heterocycles. The molecule has 1 heterocycles. The molecule has 1 rings (SSSR count). The molecule has 0 saturated carbocycles. The highest BCUT2D eigenvalue weighted by molar-refractivity contribution is 5.86. The zero-order chi connectivity index (χ0) is 15.8. The summed E-state index contributed by atoms with van der Waals surface area (Å²) in [5.74, 6) is -1.07. The van der Waals surface area contributed by atoms with Gasteiger partial charge in [0.2, 0.25) is 5.91 Å². The number of carboxylic acids is 1. The first kappa shape index (κ1) is 17.2. The zero-order valence-electron chi connectivity index (χ0n) is 12.6. The second kappa shape index (κ2) is 8.46. The third-order valence-electron chi connectivity index (χ3n) is 3.30. The molecule has 1 fully saturated rings. The van der Waals surface area contributed by atoms with Crippen LogP contribution in [0.2, 0.25) is 0 Å². The van der Waals surface area contributed by atoms with E-state index >= 15 is 0 Å². The molecule has 3 amide bonds. The number of hydrogen-bond acceptors (Lipinski definition) is 4. The van der Waals surface area contributed by atoms with Crippen LogP contribution in [0.3, 0.4) is 0 Å². The number of piperazine rings is 1. The van der Waals surface area contributed by atoms with Gasteiger partial charge < -0.3 is 20.6 Å². The van der Waals surface area contributed by atoms with Crippen molar-refractivity contribution in [1.29, 1.82) is 0 Å². The summed E-state index contributed by atoms with van der Waals surface area (Å²) in [6, 6.07) is -0.870. The quantitative estimate of drug-likeness (QED) is 0.603. The average molecular weight is 300 g/mol. The Morgan fingerprint density at radius 3 is 2.33 bits per heavy atom. The molecule has 1 unspecified atom stereocenters. The molecule has 8 heteroatoms. The van der Waals surface area contributed by atoms with Crippen molar-refractivity contribution in [3.63, 3.8) is 0 Å². The maximum atomic E-state index is 12.0. The summed E-state index contributed by atoms with van der Waals surface area (Å²) in [6.45, 7) is 6.15. The standard InChI is InChI=1S/C13H24N4O4/c1-3-4-14-12(20)10(2)15-13(21)17-7-5-16(6-8-17)9-11(18)19/h10H,3-9H2,1-2H3,(H,14,20)(H,15,21)(H,18,19). The van der Waals surface area contributed by atoms with E-state index in [1.54, 1.807) is 16.7 Å². The SMILES string of the molecule is CCCNC(=O)C(C)NC(=O)N1CCN(CC(=O)O)CC1. The predicted octanol–water partition coefficient (Wildman–Crippen LogP) is -0.687. The minimum atomic E-state index is -0.867. The Morgan fingerprint density at radius 2 is 1.81 bits per heavy atom. The fraction of sp³-hybridized carbons (Fsp3) is 0.769. The Labute approximate surface area is 124 Å². The van der Waals surface area contributed by atoms with Gasteiger partial charge in [0.15, 0.2) is 0 Å². The van der Waals surface area contributed by atoms with Crippen molar-refractivity contribution in [3.8, 4) is 0 Å². The van der Waals surface area contributed by atoms with E-state index < -0.39 is 12.0 Å². The highest BCUT2D eigenvalue weighted by Crippen LogP contribution is 2.02. The van der Waals surface area contributed by atoms with Crippen LogP contribution in [0, 0.1) is 0 Å². The van der Waals surface area contributed by atoms with Gasteiger partial charge in [-0.15, -0.1) is 0 Å². The van der Waals surface area contributed by atoms with E-state index in [1.165, 1.54) is 0 Å². The summed E-state index contributed by atoms with van der Waals surface area (Å²) >= 11 is 0. The van der Waals surface area contributed by atoms with Gasteiger partial charge in [0, 0.05) is 32.7 Å². The predicted molar refractivity (Wildman–Crippen MR) is 76.9 cm³/mol. The number of nitrogens with zero attached hydrogens (tertiary/aromatic N) is 2. The minimum Gasteiger partial charge on any atom is -0.480 e. The number of amides is 3. The highest BCUT2D eigenvalue weighted by atomic mass is 16.4. The number of aliphatic carboxylic acids is 1. The lowest BCUT2D eigenvalue weighted by molar-refractivity contribution is -0.138. The Kier molecular flexibility index (Phi) is 6.93. The van der Waals surface area contributed by atoms with Crippen LogP contribution >= 0.6 is 0 Å². The van der Waals surface area contributed by atoms with Crippen LogP contribution in [0.25, 0.3) is 0 Å². The van der Waals surface area contributed by atoms with Gasteiger partial charge in [-0.25, -0.2) is 4.79 Å². The number of urea groups is 1. The molecule has 1 aliphatic heterocycles. The van der Waals surface area contributed by atoms with Gasteiger partial charge in [0.05, 0.1) is 6.54 Å². The van der Waals surface area contributed by atoms with Crippen LogP contribution in [0.4, 0.5) is 4.79 Å². The smallest absolute Gasteiger partial charge is 0.318 e. The van der Waals surface area contributed by atoms with Crippen molar-refractivity contribution in [1.82, 2.24) is 20.4 Å². The number of hydrogen-bond donors (Lipinski definition) is 3. The molecule has 0 aliphatic carbocycles. The molecule has 0 aromatic carbocycles. The Morgan fingerprint density at radius 1 is 1.19 bits per heavy atom. The maximum absolute atomic E-state index is 12.0. The third-order valence-corrected chi connectivity index (χ3v) is 3.30. The van der Waals surface area contributed by atoms with Gasteiger partial charge in [-0.3, -0.25) is 14.5 Å². The van der Waals surface area contributed by atoms with E-state index in [1.807, 2.05) is 6.92 Å². The maximum Gasteiger partial charge on any atom is 0.318 e. The number of carbonyl (C=O) groups is 3. The fourth-order valence-electron chi connectivity index (χ4n) is 2.04. The van der Waals surface area contributed by atoms with E-state index in [4.69, 9.17) is 5.11 Å². The lowest BCUT2D eigenvalue weighted by atomic mass is 10.3. The highest BCUT2D eigenvalue weighted by Gasteiger charge is 2.24. The van der Waals surface area contributed by atoms with Gasteiger partial charge in [-0.05, 0) is 13.3 Å². The molecule has 1 saturated heterocycles. The largest absolute Gasteiger partial charge is 0.480 e. The topological polar surface area (TPSA) is 102 Å². The molecule has 120 valence electrons. The number of carbonyl (C=O) groups excluding carboxylic acids is 2. The molecule has 0 radical (unpaired) electrons. The van der Waals surface area contributed by atoms with Crippen molar-refractivity contribution in [3.05, 3.63) is 0 Å². The lowest BCUT2D eigenvalue weighted by Crippen LogP contribution is -2.55. The van der Waals surface area contributed by atoms with E-state index in [-0.39, 0.29) is 18.5 Å². The molecular weight excluding hydrogens is 276 g/mol. The van der Waals surface area contributed by atoms with Gasteiger partial charge in [0.1, 0.15) is 6.04 Å². The third kappa shape index (κ3) is 5.99. The van der Waals surface area contributed by atoms with Crippen LogP contribution in [-0.4, -0.2) is 78.1 Å². The molecule has 0 aromatic rings. The monoisotopic (exact) mass is 300 g/mol. The minimum absolute atomic E-state index is 0.00865. The molecule has 1 atom stereocenters. The number of carboxylic acid groups (broad SMARTS) is 1. The molecule has 1 aliphatic rings. The normalized spacial score (nSPS) is 17.1. The van der Waals surface area contributed by atoms with E-state index in [2.05, 4.69) is 10.6 Å². The summed E-state index contributed by atoms with van der Waals surface area (Å²) < 4.78 is 0.